The molecule has 0 radical (unpaired) electrons. The average Bonchev–Trinajstić information content (AvgIpc) is 3.81. The van der Waals surface area contributed by atoms with Gasteiger partial charge >= 0.3 is 12.1 Å². The summed E-state index contributed by atoms with van der Waals surface area (Å²) >= 11 is 0. The minimum atomic E-state index is -4.81. The number of methoxy groups -OCH3 is 1. The minimum Gasteiger partial charge on any atom is -0.480 e. The first kappa shape index (κ1) is 32.5. The molecule has 0 spiro atoms. The molecule has 0 saturated heterocycles. The number of hydrogen-bond donors (Lipinski definition) is 3. The predicted molar refractivity (Wildman–Crippen MR) is 149 cm³/mol. The number of aliphatic carboxylic acids is 1. The van der Waals surface area contributed by atoms with E-state index in [0.717, 1.165) is 62.6 Å². The molecular formula is C29H38F4N6O4. The van der Waals surface area contributed by atoms with Crippen LogP contribution in [0, 0.1) is 0 Å². The van der Waals surface area contributed by atoms with Crippen molar-refractivity contribution in [2.75, 3.05) is 45.3 Å². The lowest BCUT2D eigenvalue weighted by molar-refractivity contribution is -0.144. The third kappa shape index (κ3) is 8.37. The molecule has 10 nitrogen and oxygen atoms in total. The number of carboxylic acid groups (broad SMARTS) is 1. The van der Waals surface area contributed by atoms with Crippen molar-refractivity contribution >= 4 is 17.7 Å². The van der Waals surface area contributed by atoms with Crippen molar-refractivity contribution in [3.8, 4) is 0 Å². The maximum atomic E-state index is 13.5. The van der Waals surface area contributed by atoms with Gasteiger partial charge in [0.15, 0.2) is 5.69 Å². The van der Waals surface area contributed by atoms with E-state index in [-0.39, 0.29) is 32.4 Å². The number of unbranched alkanes of at least 4 members (excludes halogenated alkanes) is 1. The summed E-state index contributed by atoms with van der Waals surface area (Å²) in [5.74, 6) is -1.22. The van der Waals surface area contributed by atoms with Crippen molar-refractivity contribution in [2.24, 2.45) is 0 Å². The number of alkyl halides is 4. The number of ether oxygens (including phenoxy) is 1. The Morgan fingerprint density at radius 2 is 1.95 bits per heavy atom. The number of aryl methyl sites for hydroxylation is 2. The van der Waals surface area contributed by atoms with Gasteiger partial charge < -0.3 is 25.4 Å². The molecule has 2 aliphatic rings. The van der Waals surface area contributed by atoms with Crippen LogP contribution in [-0.4, -0.2) is 88.9 Å². The summed E-state index contributed by atoms with van der Waals surface area (Å²) in [7, 11) is 1.40. The highest BCUT2D eigenvalue weighted by atomic mass is 19.4. The predicted octanol–water partition coefficient (Wildman–Crippen LogP) is 3.55. The molecule has 1 amide bonds. The summed E-state index contributed by atoms with van der Waals surface area (Å²) in [4.78, 5) is 39.0. The van der Waals surface area contributed by atoms with E-state index in [1.807, 2.05) is 11.0 Å². The van der Waals surface area contributed by atoms with Gasteiger partial charge in [-0.25, -0.2) is 19.2 Å². The van der Waals surface area contributed by atoms with Gasteiger partial charge in [-0.1, -0.05) is 6.07 Å². The molecule has 1 saturated carbocycles. The molecule has 0 aromatic carbocycles. The topological polar surface area (TPSA) is 130 Å². The maximum Gasteiger partial charge on any atom is 0.435 e. The molecular weight excluding hydrogens is 572 g/mol. The molecule has 0 unspecified atom stereocenters. The standard InChI is InChI=1S/C29H38F4N6O4/c1-43-21(17-30)18-39(15-3-2-6-20-8-7-19-5-4-12-36-25(19)37-20)16-9-22(26(40)41)38-27(42)28(10-11-28)23-24(29(31,32)33)35-14-13-34-23/h7-8,13-14,21-22H,2-6,9-12,15-18H2,1H3,(H,36,37)(H,38,42)(H,40,41)/t21-,22+/m1/s1. The molecule has 43 heavy (non-hydrogen) atoms. The zero-order chi connectivity index (χ0) is 31.0. The lowest BCUT2D eigenvalue weighted by atomic mass is 9.97. The zero-order valence-corrected chi connectivity index (χ0v) is 24.1. The number of pyridine rings is 1. The smallest absolute Gasteiger partial charge is 0.435 e. The Hall–Kier alpha value is -3.39. The molecule has 1 fully saturated rings. The number of carbonyl (C=O) groups excluding carboxylic acids is 1. The Morgan fingerprint density at radius 1 is 1.19 bits per heavy atom. The summed E-state index contributed by atoms with van der Waals surface area (Å²) in [5, 5.41) is 15.6. The van der Waals surface area contributed by atoms with Crippen LogP contribution in [0.2, 0.25) is 0 Å². The highest BCUT2D eigenvalue weighted by Crippen LogP contribution is 2.50. The average molecular weight is 611 g/mol. The summed E-state index contributed by atoms with van der Waals surface area (Å²) < 4.78 is 59.3. The first-order chi connectivity index (χ1) is 20.6. The first-order valence-corrected chi connectivity index (χ1v) is 14.5. The number of nitrogens with zero attached hydrogens (tertiary/aromatic N) is 4. The largest absolute Gasteiger partial charge is 0.480 e. The Labute approximate surface area is 247 Å². The number of halogens is 4. The molecule has 4 rings (SSSR count). The van der Waals surface area contributed by atoms with E-state index in [4.69, 9.17) is 9.72 Å². The van der Waals surface area contributed by atoms with Crippen LogP contribution in [0.25, 0.3) is 0 Å². The maximum absolute atomic E-state index is 13.5. The molecule has 3 N–H and O–H groups in total. The molecule has 236 valence electrons. The normalized spacial score (nSPS) is 17.1. The van der Waals surface area contributed by atoms with E-state index in [1.54, 1.807) is 0 Å². The molecule has 2 aromatic rings. The fraction of sp³-hybridized carbons (Fsp3) is 0.621. The van der Waals surface area contributed by atoms with Crippen LogP contribution in [0.5, 0.6) is 0 Å². The number of nitrogens with one attached hydrogen (secondary N) is 2. The second-order valence-corrected chi connectivity index (χ2v) is 11.1. The lowest BCUT2D eigenvalue weighted by Gasteiger charge is -2.27. The van der Waals surface area contributed by atoms with Gasteiger partial charge in [0.05, 0.1) is 17.2 Å². The van der Waals surface area contributed by atoms with Crippen LogP contribution in [0.3, 0.4) is 0 Å². The molecule has 2 atom stereocenters. The minimum absolute atomic E-state index is 0.0372. The van der Waals surface area contributed by atoms with Gasteiger partial charge in [-0.15, -0.1) is 0 Å². The second kappa shape index (κ2) is 14.4. The van der Waals surface area contributed by atoms with E-state index in [2.05, 4.69) is 26.7 Å². The van der Waals surface area contributed by atoms with Crippen LogP contribution in [0.4, 0.5) is 23.4 Å². The SMILES string of the molecule is CO[C@H](CF)CN(CCCCc1ccc2c(n1)NCCC2)CC[C@H](NC(=O)C1(c2nccnc2C(F)(F)F)CC1)C(=O)O. The zero-order valence-electron chi connectivity index (χ0n) is 24.1. The Balaban J connectivity index is 1.35. The van der Waals surface area contributed by atoms with E-state index in [9.17, 15) is 32.3 Å². The number of rotatable bonds is 16. The summed E-state index contributed by atoms with van der Waals surface area (Å²) in [5.41, 5.74) is -1.15. The van der Waals surface area contributed by atoms with E-state index in [1.165, 1.54) is 12.7 Å². The van der Waals surface area contributed by atoms with Gasteiger partial charge in [-0.3, -0.25) is 9.78 Å². The quantitative estimate of drug-likeness (QED) is 0.193. The van der Waals surface area contributed by atoms with Crippen LogP contribution in [-0.2, 0) is 38.8 Å². The third-order valence-electron chi connectivity index (χ3n) is 8.02. The molecule has 0 bridgehead atoms. The van der Waals surface area contributed by atoms with Crippen molar-refractivity contribution in [1.29, 1.82) is 0 Å². The number of carbonyl (C=O) groups is 2. The van der Waals surface area contributed by atoms with E-state index in [0.29, 0.717) is 6.54 Å². The number of hydrogen-bond acceptors (Lipinski definition) is 8. The van der Waals surface area contributed by atoms with Crippen LogP contribution in [0.15, 0.2) is 24.5 Å². The summed E-state index contributed by atoms with van der Waals surface area (Å²) in [6.45, 7) is 1.13. The van der Waals surface area contributed by atoms with Crippen molar-refractivity contribution < 1.29 is 37.0 Å². The van der Waals surface area contributed by atoms with Crippen molar-refractivity contribution in [3.63, 3.8) is 0 Å². The Kier molecular flexibility index (Phi) is 10.9. The van der Waals surface area contributed by atoms with Crippen molar-refractivity contribution in [2.45, 2.75) is 75.1 Å². The van der Waals surface area contributed by atoms with Crippen LogP contribution >= 0.6 is 0 Å². The molecule has 14 heteroatoms. The summed E-state index contributed by atoms with van der Waals surface area (Å²) in [6, 6.07) is 2.76. The molecule has 2 aromatic heterocycles. The Bertz CT molecular complexity index is 1260. The number of anilines is 1. The number of aromatic nitrogens is 3. The van der Waals surface area contributed by atoms with Gasteiger partial charge in [-0.2, -0.15) is 13.2 Å². The molecule has 3 heterocycles. The van der Waals surface area contributed by atoms with E-state index >= 15 is 0 Å². The van der Waals surface area contributed by atoms with Crippen LogP contribution in [0.1, 0.15) is 61.2 Å². The number of fused-ring (bicyclic) bond motifs is 1. The van der Waals surface area contributed by atoms with Gasteiger partial charge in [0.1, 0.15) is 18.5 Å². The highest BCUT2D eigenvalue weighted by Gasteiger charge is 2.57. The van der Waals surface area contributed by atoms with Crippen molar-refractivity contribution in [1.82, 2.24) is 25.2 Å². The van der Waals surface area contributed by atoms with Crippen LogP contribution < -0.4 is 10.6 Å². The van der Waals surface area contributed by atoms with Gasteiger partial charge in [-0.05, 0) is 69.5 Å². The Morgan fingerprint density at radius 3 is 2.63 bits per heavy atom. The number of amides is 1. The lowest BCUT2D eigenvalue weighted by Crippen LogP contribution is -2.48. The van der Waals surface area contributed by atoms with Gasteiger partial charge in [0, 0.05) is 44.8 Å². The molecule has 1 aliphatic heterocycles. The van der Waals surface area contributed by atoms with Gasteiger partial charge in [0.25, 0.3) is 0 Å². The first-order valence-electron chi connectivity index (χ1n) is 14.5. The summed E-state index contributed by atoms with van der Waals surface area (Å²) in [6.07, 6.45) is 0.994. The van der Waals surface area contributed by atoms with Crippen molar-refractivity contribution in [3.05, 3.63) is 47.2 Å². The monoisotopic (exact) mass is 610 g/mol. The van der Waals surface area contributed by atoms with E-state index < -0.39 is 53.7 Å². The highest BCUT2D eigenvalue weighted by molar-refractivity contribution is 5.93. The second-order valence-electron chi connectivity index (χ2n) is 11.1. The molecule has 1 aliphatic carbocycles. The number of carboxylic acids is 1. The fourth-order valence-electron chi connectivity index (χ4n) is 5.38. The van der Waals surface area contributed by atoms with Gasteiger partial charge in [0.2, 0.25) is 5.91 Å². The fourth-order valence-corrected chi connectivity index (χ4v) is 5.38. The third-order valence-corrected chi connectivity index (χ3v) is 8.02.